The lowest BCUT2D eigenvalue weighted by molar-refractivity contribution is -0.117. The Morgan fingerprint density at radius 3 is 2.47 bits per heavy atom. The predicted octanol–water partition coefficient (Wildman–Crippen LogP) is 3.23. The van der Waals surface area contributed by atoms with Crippen molar-refractivity contribution in [2.24, 2.45) is 0 Å². The summed E-state index contributed by atoms with van der Waals surface area (Å²) in [5, 5.41) is 7.44. The van der Waals surface area contributed by atoms with Crippen molar-refractivity contribution in [1.29, 1.82) is 0 Å². The number of methoxy groups -OCH3 is 3. The number of rotatable bonds is 7. The monoisotopic (exact) mass is 429 g/mol. The summed E-state index contributed by atoms with van der Waals surface area (Å²) in [4.78, 5) is 24.8. The summed E-state index contributed by atoms with van der Waals surface area (Å²) in [6.07, 6.45) is 0. The first kappa shape index (κ1) is 21.2. The zero-order valence-corrected chi connectivity index (χ0v) is 17.4. The van der Waals surface area contributed by atoms with Gasteiger partial charge in [0.05, 0.1) is 32.7 Å². The Morgan fingerprint density at radius 2 is 1.77 bits per heavy atom. The van der Waals surface area contributed by atoms with Gasteiger partial charge in [0.25, 0.3) is 5.56 Å². The lowest BCUT2D eigenvalue weighted by Gasteiger charge is -2.13. The van der Waals surface area contributed by atoms with Gasteiger partial charge in [-0.2, -0.15) is 5.10 Å². The lowest BCUT2D eigenvalue weighted by atomic mass is 10.1. The number of ether oxygens (including phenoxy) is 3. The number of hydrogen-bond donors (Lipinski definition) is 1. The van der Waals surface area contributed by atoms with Crippen molar-refractivity contribution in [1.82, 2.24) is 9.78 Å². The van der Waals surface area contributed by atoms with Gasteiger partial charge < -0.3 is 19.5 Å². The fraction of sp³-hybridized carbons (Fsp3) is 0.190. The number of aromatic nitrogens is 2. The second-order valence-electron chi connectivity index (χ2n) is 6.17. The van der Waals surface area contributed by atoms with Crippen molar-refractivity contribution in [3.63, 3.8) is 0 Å². The second kappa shape index (κ2) is 9.32. The fourth-order valence-electron chi connectivity index (χ4n) is 2.82. The molecule has 8 nitrogen and oxygen atoms in total. The van der Waals surface area contributed by atoms with Crippen molar-refractivity contribution in [3.8, 4) is 28.5 Å². The molecule has 0 saturated heterocycles. The molecule has 1 heterocycles. The topological polar surface area (TPSA) is 91.7 Å². The van der Waals surface area contributed by atoms with E-state index < -0.39 is 11.5 Å². The molecule has 0 atom stereocenters. The largest absolute Gasteiger partial charge is 0.497 e. The SMILES string of the molecule is COc1ccc(-c2ccc(=O)n(CC(=O)Nc3cc(Cl)ccc3OC)n2)c(OC)c1. The number of halogens is 1. The van der Waals surface area contributed by atoms with E-state index in [0.29, 0.717) is 39.2 Å². The average Bonchev–Trinajstić information content (AvgIpc) is 2.75. The van der Waals surface area contributed by atoms with Crippen LogP contribution >= 0.6 is 11.6 Å². The quantitative estimate of drug-likeness (QED) is 0.620. The van der Waals surface area contributed by atoms with Crippen LogP contribution < -0.4 is 25.1 Å². The van der Waals surface area contributed by atoms with Crippen LogP contribution in [0.4, 0.5) is 5.69 Å². The zero-order valence-electron chi connectivity index (χ0n) is 16.6. The van der Waals surface area contributed by atoms with Crippen LogP contribution in [-0.4, -0.2) is 37.0 Å². The highest BCUT2D eigenvalue weighted by Crippen LogP contribution is 2.31. The summed E-state index contributed by atoms with van der Waals surface area (Å²) in [6.45, 7) is -0.291. The number of amides is 1. The van der Waals surface area contributed by atoms with Crippen molar-refractivity contribution < 1.29 is 19.0 Å². The van der Waals surface area contributed by atoms with Crippen LogP contribution in [0.2, 0.25) is 5.02 Å². The zero-order chi connectivity index (χ0) is 21.7. The van der Waals surface area contributed by atoms with E-state index in [-0.39, 0.29) is 6.54 Å². The maximum atomic E-state index is 12.5. The molecule has 2 aromatic carbocycles. The minimum absolute atomic E-state index is 0.291. The van der Waals surface area contributed by atoms with Gasteiger partial charge in [0.2, 0.25) is 5.91 Å². The standard InChI is InChI=1S/C21H20ClN3O5/c1-28-14-5-6-15(19(11-14)30-3)16-7-9-21(27)25(24-16)12-20(26)23-17-10-13(22)4-8-18(17)29-2/h4-11H,12H2,1-3H3,(H,23,26). The number of carbonyl (C=O) groups is 1. The van der Waals surface area contributed by atoms with Gasteiger partial charge >= 0.3 is 0 Å². The molecule has 30 heavy (non-hydrogen) atoms. The van der Waals surface area contributed by atoms with E-state index in [1.54, 1.807) is 49.6 Å². The molecule has 0 spiro atoms. The average molecular weight is 430 g/mol. The van der Waals surface area contributed by atoms with E-state index in [1.165, 1.54) is 20.3 Å². The lowest BCUT2D eigenvalue weighted by Crippen LogP contribution is -2.29. The molecule has 3 rings (SSSR count). The summed E-state index contributed by atoms with van der Waals surface area (Å²) in [5.74, 6) is 1.15. The Bertz CT molecular complexity index is 1130. The minimum atomic E-state index is -0.455. The molecule has 0 fully saturated rings. The molecule has 9 heteroatoms. The number of benzene rings is 2. The number of carbonyl (C=O) groups excluding carboxylic acids is 1. The third-order valence-electron chi connectivity index (χ3n) is 4.28. The molecule has 0 radical (unpaired) electrons. The Labute approximate surface area is 178 Å². The maximum absolute atomic E-state index is 12.5. The molecule has 0 aliphatic heterocycles. The highest BCUT2D eigenvalue weighted by molar-refractivity contribution is 6.31. The Kier molecular flexibility index (Phi) is 6.58. The molecule has 3 aromatic rings. The van der Waals surface area contributed by atoms with Gasteiger partial charge in [0.15, 0.2) is 0 Å². The molecular weight excluding hydrogens is 410 g/mol. The van der Waals surface area contributed by atoms with Crippen LogP contribution in [-0.2, 0) is 11.3 Å². The normalized spacial score (nSPS) is 10.4. The molecule has 1 aromatic heterocycles. The first-order valence-corrected chi connectivity index (χ1v) is 9.27. The minimum Gasteiger partial charge on any atom is -0.497 e. The smallest absolute Gasteiger partial charge is 0.267 e. The van der Waals surface area contributed by atoms with E-state index in [0.717, 1.165) is 4.68 Å². The highest BCUT2D eigenvalue weighted by Gasteiger charge is 2.14. The number of nitrogens with zero attached hydrogens (tertiary/aromatic N) is 2. The van der Waals surface area contributed by atoms with Crippen LogP contribution in [0.25, 0.3) is 11.3 Å². The Hall–Kier alpha value is -3.52. The third-order valence-corrected chi connectivity index (χ3v) is 4.52. The van der Waals surface area contributed by atoms with E-state index in [1.807, 2.05) is 0 Å². The first-order chi connectivity index (χ1) is 14.4. The molecule has 1 N–H and O–H groups in total. The van der Waals surface area contributed by atoms with Crippen molar-refractivity contribution >= 4 is 23.2 Å². The van der Waals surface area contributed by atoms with E-state index in [9.17, 15) is 9.59 Å². The summed E-state index contributed by atoms with van der Waals surface area (Å²) < 4.78 is 16.9. The van der Waals surface area contributed by atoms with Gasteiger partial charge in [-0.1, -0.05) is 11.6 Å². The van der Waals surface area contributed by atoms with Crippen molar-refractivity contribution in [2.75, 3.05) is 26.6 Å². The molecule has 0 saturated carbocycles. The third kappa shape index (κ3) is 4.72. The summed E-state index contributed by atoms with van der Waals surface area (Å²) in [5.41, 5.74) is 1.11. The van der Waals surface area contributed by atoms with Crippen LogP contribution in [0.3, 0.4) is 0 Å². The van der Waals surface area contributed by atoms with Gasteiger partial charge in [-0.25, -0.2) is 4.68 Å². The van der Waals surface area contributed by atoms with Crippen molar-refractivity contribution in [2.45, 2.75) is 6.54 Å². The van der Waals surface area contributed by atoms with Crippen LogP contribution in [0.1, 0.15) is 0 Å². The van der Waals surface area contributed by atoms with Gasteiger partial charge in [0, 0.05) is 22.7 Å². The number of nitrogens with one attached hydrogen (secondary N) is 1. The molecule has 0 aliphatic carbocycles. The number of hydrogen-bond acceptors (Lipinski definition) is 6. The van der Waals surface area contributed by atoms with E-state index in [4.69, 9.17) is 25.8 Å². The van der Waals surface area contributed by atoms with E-state index >= 15 is 0 Å². The highest BCUT2D eigenvalue weighted by atomic mass is 35.5. The predicted molar refractivity (Wildman–Crippen MR) is 114 cm³/mol. The molecular formula is C21H20ClN3O5. The van der Waals surface area contributed by atoms with Gasteiger partial charge in [-0.15, -0.1) is 0 Å². The first-order valence-electron chi connectivity index (χ1n) is 8.89. The Morgan fingerprint density at radius 1 is 1.00 bits per heavy atom. The number of anilines is 1. The van der Waals surface area contributed by atoms with Crippen LogP contribution in [0.5, 0.6) is 17.2 Å². The van der Waals surface area contributed by atoms with Gasteiger partial charge in [-0.3, -0.25) is 9.59 Å². The molecule has 1 amide bonds. The fourth-order valence-corrected chi connectivity index (χ4v) is 2.99. The summed E-state index contributed by atoms with van der Waals surface area (Å²) in [6, 6.07) is 13.0. The van der Waals surface area contributed by atoms with Crippen molar-refractivity contribution in [3.05, 3.63) is 63.9 Å². The summed E-state index contributed by atoms with van der Waals surface area (Å²) in [7, 11) is 4.57. The maximum Gasteiger partial charge on any atom is 0.267 e. The van der Waals surface area contributed by atoms with E-state index in [2.05, 4.69) is 10.4 Å². The Balaban J connectivity index is 1.87. The second-order valence-corrected chi connectivity index (χ2v) is 6.61. The molecule has 0 aliphatic rings. The van der Waals surface area contributed by atoms with Crippen LogP contribution in [0.15, 0.2) is 53.3 Å². The van der Waals surface area contributed by atoms with Gasteiger partial charge in [-0.05, 0) is 36.4 Å². The van der Waals surface area contributed by atoms with Crippen LogP contribution in [0, 0.1) is 0 Å². The molecule has 156 valence electrons. The molecule has 0 unspecified atom stereocenters. The molecule has 0 bridgehead atoms. The summed E-state index contributed by atoms with van der Waals surface area (Å²) >= 11 is 5.99. The van der Waals surface area contributed by atoms with Gasteiger partial charge in [0.1, 0.15) is 23.8 Å².